The molecule has 0 saturated heterocycles. The van der Waals surface area contributed by atoms with Crippen molar-refractivity contribution in [2.24, 2.45) is 0 Å². The van der Waals surface area contributed by atoms with E-state index < -0.39 is 0 Å². The molecule has 0 saturated carbocycles. The van der Waals surface area contributed by atoms with Crippen LogP contribution >= 0.6 is 0 Å². The lowest BCUT2D eigenvalue weighted by atomic mass is 10.1. The number of aliphatic hydroxyl groups is 1. The van der Waals surface area contributed by atoms with Crippen LogP contribution in [0.5, 0.6) is 0 Å². The summed E-state index contributed by atoms with van der Waals surface area (Å²) in [5.41, 5.74) is 0. The molecule has 0 radical (unpaired) electrons. The van der Waals surface area contributed by atoms with Crippen LogP contribution in [0.15, 0.2) is 0 Å². The van der Waals surface area contributed by atoms with Gasteiger partial charge in [-0.15, -0.1) is 0 Å². The zero-order valence-corrected chi connectivity index (χ0v) is 7.81. The van der Waals surface area contributed by atoms with Gasteiger partial charge in [0, 0.05) is 25.9 Å². The molecule has 0 aromatic carbocycles. The third kappa shape index (κ3) is 7.69. The smallest absolute Gasteiger partial charge is 0.134 e. The van der Waals surface area contributed by atoms with Crippen LogP contribution in [-0.4, -0.2) is 30.6 Å². The number of nitrogens with one attached hydrogen (secondary N) is 1. The van der Waals surface area contributed by atoms with Crippen LogP contribution in [0.1, 0.15) is 32.6 Å². The molecule has 0 heterocycles. The lowest BCUT2D eigenvalue weighted by molar-refractivity contribution is -0.119. The van der Waals surface area contributed by atoms with Crippen LogP contribution in [0.4, 0.5) is 0 Å². The molecule has 0 aromatic heterocycles. The first-order chi connectivity index (χ1) is 5.81. The van der Waals surface area contributed by atoms with Gasteiger partial charge in [0.15, 0.2) is 0 Å². The molecule has 2 N–H and O–H groups in total. The van der Waals surface area contributed by atoms with E-state index in [9.17, 15) is 4.79 Å². The van der Waals surface area contributed by atoms with E-state index in [0.29, 0.717) is 31.7 Å². The summed E-state index contributed by atoms with van der Waals surface area (Å²) in [6, 6.07) is 0. The van der Waals surface area contributed by atoms with E-state index in [2.05, 4.69) is 12.2 Å². The van der Waals surface area contributed by atoms with Gasteiger partial charge in [0.05, 0.1) is 6.61 Å². The monoisotopic (exact) mass is 173 g/mol. The number of carbonyl (C=O) groups excluding carboxylic acids is 1. The molecule has 0 bridgehead atoms. The molecule has 0 rings (SSSR count). The maximum Gasteiger partial charge on any atom is 0.134 e. The molecule has 0 aromatic rings. The number of hydrogen-bond acceptors (Lipinski definition) is 3. The van der Waals surface area contributed by atoms with Crippen molar-refractivity contribution >= 4 is 5.78 Å². The quantitative estimate of drug-likeness (QED) is 0.532. The van der Waals surface area contributed by atoms with E-state index in [1.54, 1.807) is 0 Å². The van der Waals surface area contributed by atoms with E-state index in [1.165, 1.54) is 0 Å². The number of carbonyl (C=O) groups is 1. The Balaban J connectivity index is 3.08. The van der Waals surface area contributed by atoms with Crippen LogP contribution < -0.4 is 5.32 Å². The third-order valence-electron chi connectivity index (χ3n) is 1.68. The van der Waals surface area contributed by atoms with Gasteiger partial charge in [0.2, 0.25) is 0 Å². The second-order valence-corrected chi connectivity index (χ2v) is 2.87. The standard InChI is InChI=1S/C9H19NO2/c1-2-3-4-9(12)5-6-10-7-8-11/h10-11H,2-8H2,1H3. The Kier molecular flexibility index (Phi) is 8.39. The summed E-state index contributed by atoms with van der Waals surface area (Å²) >= 11 is 0. The van der Waals surface area contributed by atoms with Crippen LogP contribution in [0.3, 0.4) is 0 Å². The van der Waals surface area contributed by atoms with Crippen molar-refractivity contribution in [3.8, 4) is 0 Å². The fourth-order valence-electron chi connectivity index (χ4n) is 0.931. The number of hydrogen-bond donors (Lipinski definition) is 2. The molecule has 0 amide bonds. The summed E-state index contributed by atoms with van der Waals surface area (Å²) < 4.78 is 0. The van der Waals surface area contributed by atoms with Gasteiger partial charge in [0.1, 0.15) is 5.78 Å². The lowest BCUT2D eigenvalue weighted by Gasteiger charge is -2.01. The second kappa shape index (κ2) is 8.68. The van der Waals surface area contributed by atoms with Gasteiger partial charge in [0.25, 0.3) is 0 Å². The summed E-state index contributed by atoms with van der Waals surface area (Å²) in [5, 5.41) is 11.4. The summed E-state index contributed by atoms with van der Waals surface area (Å²) in [7, 11) is 0. The maximum atomic E-state index is 11.1. The molecule has 0 aliphatic heterocycles. The normalized spacial score (nSPS) is 10.2. The van der Waals surface area contributed by atoms with Crippen LogP contribution in [0, 0.1) is 0 Å². The first-order valence-corrected chi connectivity index (χ1v) is 4.64. The number of ketones is 1. The SMILES string of the molecule is CCCCC(=O)CCNCCO. The van der Waals surface area contributed by atoms with Gasteiger partial charge in [-0.3, -0.25) is 4.79 Å². The van der Waals surface area contributed by atoms with E-state index in [0.717, 1.165) is 12.8 Å². The Bertz CT molecular complexity index is 115. The summed E-state index contributed by atoms with van der Waals surface area (Å²) in [5.74, 6) is 0.322. The molecule has 0 unspecified atom stereocenters. The van der Waals surface area contributed by atoms with Crippen molar-refractivity contribution in [1.82, 2.24) is 5.32 Å². The molecule has 0 atom stereocenters. The molecule has 12 heavy (non-hydrogen) atoms. The summed E-state index contributed by atoms with van der Waals surface area (Å²) in [6.07, 6.45) is 3.38. The van der Waals surface area contributed by atoms with Crippen LogP contribution in [0.2, 0.25) is 0 Å². The highest BCUT2D eigenvalue weighted by molar-refractivity contribution is 5.78. The molecule has 0 aliphatic rings. The predicted octanol–water partition coefficient (Wildman–Crippen LogP) is 0.718. The van der Waals surface area contributed by atoms with Crippen molar-refractivity contribution in [2.75, 3.05) is 19.7 Å². The first-order valence-electron chi connectivity index (χ1n) is 4.64. The topological polar surface area (TPSA) is 49.3 Å². The molecule has 0 fully saturated rings. The lowest BCUT2D eigenvalue weighted by Crippen LogP contribution is -2.21. The maximum absolute atomic E-state index is 11.1. The zero-order valence-electron chi connectivity index (χ0n) is 7.81. The van der Waals surface area contributed by atoms with Gasteiger partial charge in [-0.1, -0.05) is 13.3 Å². The molecule has 0 aliphatic carbocycles. The Hall–Kier alpha value is -0.410. The molecule has 3 nitrogen and oxygen atoms in total. The molecule has 3 heteroatoms. The Labute approximate surface area is 74.2 Å². The minimum Gasteiger partial charge on any atom is -0.395 e. The number of Topliss-reactive ketones (excluding diaryl/α,β-unsaturated/α-hetero) is 1. The molecular formula is C9H19NO2. The van der Waals surface area contributed by atoms with Gasteiger partial charge in [-0.25, -0.2) is 0 Å². The van der Waals surface area contributed by atoms with Crippen molar-refractivity contribution < 1.29 is 9.90 Å². The third-order valence-corrected chi connectivity index (χ3v) is 1.68. The highest BCUT2D eigenvalue weighted by Crippen LogP contribution is 1.97. The van der Waals surface area contributed by atoms with E-state index >= 15 is 0 Å². The first kappa shape index (κ1) is 11.6. The van der Waals surface area contributed by atoms with Gasteiger partial charge in [-0.2, -0.15) is 0 Å². The van der Waals surface area contributed by atoms with Gasteiger partial charge < -0.3 is 10.4 Å². The fraction of sp³-hybridized carbons (Fsp3) is 0.889. The van der Waals surface area contributed by atoms with Crippen molar-refractivity contribution in [1.29, 1.82) is 0 Å². The van der Waals surface area contributed by atoms with Crippen molar-refractivity contribution in [3.63, 3.8) is 0 Å². The highest BCUT2D eigenvalue weighted by atomic mass is 16.3. The predicted molar refractivity (Wildman–Crippen MR) is 49.1 cm³/mol. The largest absolute Gasteiger partial charge is 0.395 e. The van der Waals surface area contributed by atoms with Crippen LogP contribution in [0.25, 0.3) is 0 Å². The highest BCUT2D eigenvalue weighted by Gasteiger charge is 1.99. The Morgan fingerprint density at radius 1 is 1.33 bits per heavy atom. The average Bonchev–Trinajstić information content (AvgIpc) is 2.09. The minimum atomic E-state index is 0.142. The number of unbranched alkanes of at least 4 members (excludes halogenated alkanes) is 1. The minimum absolute atomic E-state index is 0.142. The Morgan fingerprint density at radius 3 is 2.67 bits per heavy atom. The average molecular weight is 173 g/mol. The fourth-order valence-corrected chi connectivity index (χ4v) is 0.931. The number of aliphatic hydroxyl groups excluding tert-OH is 1. The summed E-state index contributed by atoms with van der Waals surface area (Å²) in [4.78, 5) is 11.1. The second-order valence-electron chi connectivity index (χ2n) is 2.87. The van der Waals surface area contributed by atoms with Crippen LogP contribution in [-0.2, 0) is 4.79 Å². The molecular weight excluding hydrogens is 154 g/mol. The molecule has 0 spiro atoms. The van der Waals surface area contributed by atoms with E-state index in [4.69, 9.17) is 5.11 Å². The van der Waals surface area contributed by atoms with Gasteiger partial charge >= 0.3 is 0 Å². The zero-order chi connectivity index (χ0) is 9.23. The van der Waals surface area contributed by atoms with Crippen molar-refractivity contribution in [2.45, 2.75) is 32.6 Å². The van der Waals surface area contributed by atoms with Gasteiger partial charge in [-0.05, 0) is 6.42 Å². The summed E-state index contributed by atoms with van der Waals surface area (Å²) in [6.45, 7) is 3.50. The molecule has 72 valence electrons. The Morgan fingerprint density at radius 2 is 2.08 bits per heavy atom. The van der Waals surface area contributed by atoms with E-state index in [-0.39, 0.29) is 6.61 Å². The number of rotatable bonds is 8. The van der Waals surface area contributed by atoms with Crippen molar-refractivity contribution in [3.05, 3.63) is 0 Å². The van der Waals surface area contributed by atoms with E-state index in [1.807, 2.05) is 0 Å².